The molecule has 0 saturated heterocycles. The molecule has 2 aromatic rings. The Hall–Kier alpha value is -1.64. The average Bonchev–Trinajstić information content (AvgIpc) is 2.72. The summed E-state index contributed by atoms with van der Waals surface area (Å²) < 4.78 is 0. The third-order valence-electron chi connectivity index (χ3n) is 6.29. The first-order valence-corrected chi connectivity index (χ1v) is 10.9. The van der Waals surface area contributed by atoms with Crippen molar-refractivity contribution in [3.63, 3.8) is 0 Å². The largest absolute Gasteiger partial charge is 0.252 e. The van der Waals surface area contributed by atoms with Gasteiger partial charge in [-0.15, -0.1) is 0 Å². The summed E-state index contributed by atoms with van der Waals surface area (Å²) in [6, 6.07) is 16.2. The SMILES string of the molecule is CCCCCC1CCC(c2ccc(-c3ccc(C)c(C)c3)cc2)CC1.COO. The van der Waals surface area contributed by atoms with Gasteiger partial charge in [-0.3, -0.25) is 5.26 Å². The van der Waals surface area contributed by atoms with Crippen molar-refractivity contribution < 1.29 is 10.1 Å². The first kappa shape index (κ1) is 22.6. The molecule has 0 heterocycles. The lowest BCUT2D eigenvalue weighted by molar-refractivity contribution is -0.214. The molecule has 0 amide bonds. The number of hydrogen-bond donors (Lipinski definition) is 1. The predicted molar refractivity (Wildman–Crippen MR) is 120 cm³/mol. The third-order valence-corrected chi connectivity index (χ3v) is 6.29. The van der Waals surface area contributed by atoms with E-state index in [1.165, 1.54) is 80.7 Å². The lowest BCUT2D eigenvalue weighted by Crippen LogP contribution is -2.13. The molecule has 0 radical (unpaired) electrons. The molecule has 0 aromatic heterocycles. The average molecular weight is 383 g/mol. The highest BCUT2D eigenvalue weighted by Crippen LogP contribution is 2.38. The molecule has 154 valence electrons. The monoisotopic (exact) mass is 382 g/mol. The summed E-state index contributed by atoms with van der Waals surface area (Å²) in [5, 5.41) is 7.07. The Morgan fingerprint density at radius 2 is 1.46 bits per heavy atom. The van der Waals surface area contributed by atoms with Crippen LogP contribution in [-0.4, -0.2) is 12.4 Å². The van der Waals surface area contributed by atoms with Gasteiger partial charge in [0.15, 0.2) is 0 Å². The van der Waals surface area contributed by atoms with Crippen LogP contribution in [0.1, 0.15) is 80.9 Å². The minimum Gasteiger partial charge on any atom is -0.252 e. The smallest absolute Gasteiger partial charge is 0.0710 e. The summed E-state index contributed by atoms with van der Waals surface area (Å²) in [6.07, 6.45) is 11.3. The van der Waals surface area contributed by atoms with Gasteiger partial charge in [-0.25, -0.2) is 4.89 Å². The van der Waals surface area contributed by atoms with Crippen molar-refractivity contribution in [1.82, 2.24) is 0 Å². The van der Waals surface area contributed by atoms with Gasteiger partial charge in [-0.05, 0) is 79.2 Å². The molecular formula is C26H38O2. The van der Waals surface area contributed by atoms with E-state index in [9.17, 15) is 0 Å². The fourth-order valence-electron chi connectivity index (χ4n) is 4.34. The van der Waals surface area contributed by atoms with Crippen molar-refractivity contribution in [2.75, 3.05) is 7.11 Å². The highest BCUT2D eigenvalue weighted by molar-refractivity contribution is 5.65. The molecule has 1 fully saturated rings. The normalized spacial score (nSPS) is 19.0. The van der Waals surface area contributed by atoms with Gasteiger partial charge in [0, 0.05) is 0 Å². The van der Waals surface area contributed by atoms with Gasteiger partial charge in [0.25, 0.3) is 0 Å². The third kappa shape index (κ3) is 6.76. The minimum absolute atomic E-state index is 0.788. The molecule has 0 atom stereocenters. The molecule has 2 aromatic carbocycles. The molecule has 1 aliphatic carbocycles. The number of hydrogen-bond acceptors (Lipinski definition) is 2. The number of unbranched alkanes of at least 4 members (excludes halogenated alkanes) is 2. The second-order valence-electron chi connectivity index (χ2n) is 8.32. The molecule has 3 rings (SSSR count). The first-order valence-electron chi connectivity index (χ1n) is 10.9. The van der Waals surface area contributed by atoms with Gasteiger partial charge < -0.3 is 0 Å². The zero-order valence-corrected chi connectivity index (χ0v) is 18.2. The highest BCUT2D eigenvalue weighted by atomic mass is 17.1. The topological polar surface area (TPSA) is 29.5 Å². The van der Waals surface area contributed by atoms with Gasteiger partial charge in [0.05, 0.1) is 7.11 Å². The maximum absolute atomic E-state index is 7.07. The van der Waals surface area contributed by atoms with Gasteiger partial charge in [0.1, 0.15) is 0 Å². The van der Waals surface area contributed by atoms with E-state index in [4.69, 9.17) is 5.26 Å². The van der Waals surface area contributed by atoms with Crippen molar-refractivity contribution in [2.24, 2.45) is 5.92 Å². The zero-order chi connectivity index (χ0) is 20.4. The van der Waals surface area contributed by atoms with E-state index in [2.05, 4.69) is 68.1 Å². The Balaban J connectivity index is 0.000000878. The van der Waals surface area contributed by atoms with Crippen LogP contribution >= 0.6 is 0 Å². The van der Waals surface area contributed by atoms with E-state index in [0.717, 1.165) is 11.8 Å². The Labute approximate surface area is 171 Å². The van der Waals surface area contributed by atoms with Crippen molar-refractivity contribution >= 4 is 0 Å². The molecule has 28 heavy (non-hydrogen) atoms. The molecule has 1 saturated carbocycles. The van der Waals surface area contributed by atoms with Crippen molar-refractivity contribution in [2.45, 2.75) is 78.1 Å². The molecule has 1 N–H and O–H groups in total. The van der Waals surface area contributed by atoms with Gasteiger partial charge in [-0.1, -0.05) is 75.1 Å². The Kier molecular flexibility index (Phi) is 9.73. The van der Waals surface area contributed by atoms with E-state index >= 15 is 0 Å². The summed E-state index contributed by atoms with van der Waals surface area (Å²) in [4.78, 5) is 3.25. The van der Waals surface area contributed by atoms with E-state index < -0.39 is 0 Å². The van der Waals surface area contributed by atoms with Crippen LogP contribution in [-0.2, 0) is 4.89 Å². The molecule has 0 unspecified atom stereocenters. The van der Waals surface area contributed by atoms with E-state index in [1.54, 1.807) is 5.56 Å². The summed E-state index contributed by atoms with van der Waals surface area (Å²) in [6.45, 7) is 6.69. The van der Waals surface area contributed by atoms with E-state index in [0.29, 0.717) is 0 Å². The molecule has 2 nitrogen and oxygen atoms in total. The lowest BCUT2D eigenvalue weighted by Gasteiger charge is -2.29. The van der Waals surface area contributed by atoms with Crippen molar-refractivity contribution in [3.05, 3.63) is 59.2 Å². The Bertz CT molecular complexity index is 682. The maximum Gasteiger partial charge on any atom is 0.0710 e. The molecule has 2 heteroatoms. The van der Waals surface area contributed by atoms with Crippen LogP contribution in [0.5, 0.6) is 0 Å². The van der Waals surface area contributed by atoms with Crippen LogP contribution in [0.4, 0.5) is 0 Å². The van der Waals surface area contributed by atoms with E-state index in [-0.39, 0.29) is 0 Å². The maximum atomic E-state index is 7.07. The molecule has 0 aliphatic heterocycles. The molecule has 0 bridgehead atoms. The lowest BCUT2D eigenvalue weighted by atomic mass is 9.77. The van der Waals surface area contributed by atoms with Crippen LogP contribution < -0.4 is 0 Å². The van der Waals surface area contributed by atoms with Crippen molar-refractivity contribution in [1.29, 1.82) is 0 Å². The minimum atomic E-state index is 0.788. The first-order chi connectivity index (χ1) is 13.6. The molecule has 0 spiro atoms. The predicted octanol–water partition coefficient (Wildman–Crippen LogP) is 7.93. The van der Waals surface area contributed by atoms with Crippen LogP contribution in [0.3, 0.4) is 0 Å². The van der Waals surface area contributed by atoms with Gasteiger partial charge in [-0.2, -0.15) is 0 Å². The number of aryl methyl sites for hydroxylation is 2. The Morgan fingerprint density at radius 1 is 0.857 bits per heavy atom. The standard InChI is InChI=1S/C25H34.CH4O2/c1-4-5-6-7-21-9-12-22(13-10-21)23-14-16-24(17-15-23)25-11-8-19(2)20(3)18-25;1-3-2/h8,11,14-18,21-22H,4-7,9-10,12-13H2,1-3H3;2H,1H3. The molecular weight excluding hydrogens is 344 g/mol. The van der Waals surface area contributed by atoms with Crippen LogP contribution in [0.15, 0.2) is 42.5 Å². The number of benzene rings is 2. The summed E-state index contributed by atoms with van der Waals surface area (Å²) in [5.74, 6) is 1.79. The van der Waals surface area contributed by atoms with Crippen LogP contribution in [0, 0.1) is 19.8 Å². The quantitative estimate of drug-likeness (QED) is 0.312. The fourth-order valence-corrected chi connectivity index (χ4v) is 4.34. The second-order valence-corrected chi connectivity index (χ2v) is 8.32. The highest BCUT2D eigenvalue weighted by Gasteiger charge is 2.22. The van der Waals surface area contributed by atoms with Crippen LogP contribution in [0.2, 0.25) is 0 Å². The van der Waals surface area contributed by atoms with Crippen LogP contribution in [0.25, 0.3) is 11.1 Å². The summed E-state index contributed by atoms with van der Waals surface area (Å²) in [7, 11) is 1.18. The number of rotatable bonds is 6. The van der Waals surface area contributed by atoms with Crippen molar-refractivity contribution in [3.8, 4) is 11.1 Å². The second kappa shape index (κ2) is 12.0. The van der Waals surface area contributed by atoms with E-state index in [1.807, 2.05) is 0 Å². The van der Waals surface area contributed by atoms with Gasteiger partial charge >= 0.3 is 0 Å². The zero-order valence-electron chi connectivity index (χ0n) is 18.2. The molecule has 1 aliphatic rings. The summed E-state index contributed by atoms with van der Waals surface area (Å²) in [5.41, 5.74) is 6.99. The summed E-state index contributed by atoms with van der Waals surface area (Å²) >= 11 is 0. The Morgan fingerprint density at radius 3 is 2.04 bits per heavy atom. The fraction of sp³-hybridized carbons (Fsp3) is 0.538. The van der Waals surface area contributed by atoms with Gasteiger partial charge in [0.2, 0.25) is 0 Å².